The number of likely N-dealkylation sites (tertiary alicyclic amines) is 1. The zero-order valence-electron chi connectivity index (χ0n) is 11.5. The molecular formula is C17H16N2O2. The van der Waals surface area contributed by atoms with Crippen molar-refractivity contribution >= 4 is 17.5 Å². The lowest BCUT2D eigenvalue weighted by molar-refractivity contribution is -0.139. The van der Waals surface area contributed by atoms with E-state index >= 15 is 0 Å². The van der Waals surface area contributed by atoms with Gasteiger partial charge in [0.2, 0.25) is 11.8 Å². The second-order valence-corrected chi connectivity index (χ2v) is 5.18. The third-order valence-corrected chi connectivity index (χ3v) is 3.83. The van der Waals surface area contributed by atoms with Crippen molar-refractivity contribution in [1.29, 1.82) is 0 Å². The topological polar surface area (TPSA) is 63.4 Å². The van der Waals surface area contributed by atoms with Crippen LogP contribution in [0.4, 0.5) is 5.69 Å². The predicted octanol–water partition coefficient (Wildman–Crippen LogP) is 2.31. The van der Waals surface area contributed by atoms with Crippen LogP contribution in [0.5, 0.6) is 0 Å². The van der Waals surface area contributed by atoms with E-state index in [0.717, 1.165) is 11.1 Å². The molecule has 2 amide bonds. The van der Waals surface area contributed by atoms with E-state index in [1.807, 2.05) is 48.5 Å². The molecule has 0 spiro atoms. The Morgan fingerprint density at radius 3 is 2.38 bits per heavy atom. The number of para-hydroxylation sites is 1. The SMILES string of the molecule is Nc1ccccc1CN1C(=O)CC(c2ccccc2)C1=O. The van der Waals surface area contributed by atoms with Crippen LogP contribution in [0.15, 0.2) is 54.6 Å². The minimum atomic E-state index is -0.372. The summed E-state index contributed by atoms with van der Waals surface area (Å²) in [5.41, 5.74) is 8.17. The molecule has 1 fully saturated rings. The van der Waals surface area contributed by atoms with Crippen LogP contribution in [0.3, 0.4) is 0 Å². The van der Waals surface area contributed by atoms with Gasteiger partial charge in [-0.3, -0.25) is 14.5 Å². The van der Waals surface area contributed by atoms with Gasteiger partial charge in [-0.05, 0) is 17.2 Å². The smallest absolute Gasteiger partial charge is 0.237 e. The molecule has 1 aliphatic rings. The predicted molar refractivity (Wildman–Crippen MR) is 80.2 cm³/mol. The normalized spacial score (nSPS) is 18.3. The molecule has 1 atom stereocenters. The number of rotatable bonds is 3. The van der Waals surface area contributed by atoms with Crippen LogP contribution in [0, 0.1) is 0 Å². The fraction of sp³-hybridized carbons (Fsp3) is 0.176. The minimum absolute atomic E-state index is 0.142. The van der Waals surface area contributed by atoms with E-state index in [-0.39, 0.29) is 30.7 Å². The number of carbonyl (C=O) groups excluding carboxylic acids is 2. The minimum Gasteiger partial charge on any atom is -0.398 e. The lowest BCUT2D eigenvalue weighted by Gasteiger charge is -2.16. The van der Waals surface area contributed by atoms with Gasteiger partial charge in [-0.2, -0.15) is 0 Å². The Morgan fingerprint density at radius 2 is 1.67 bits per heavy atom. The maximum Gasteiger partial charge on any atom is 0.237 e. The van der Waals surface area contributed by atoms with Crippen LogP contribution in [0.25, 0.3) is 0 Å². The average molecular weight is 280 g/mol. The van der Waals surface area contributed by atoms with Gasteiger partial charge in [0.1, 0.15) is 0 Å². The second-order valence-electron chi connectivity index (χ2n) is 5.18. The Bertz CT molecular complexity index is 682. The summed E-state index contributed by atoms with van der Waals surface area (Å²) >= 11 is 0. The van der Waals surface area contributed by atoms with Gasteiger partial charge < -0.3 is 5.73 Å². The summed E-state index contributed by atoms with van der Waals surface area (Å²) in [6, 6.07) is 16.7. The van der Waals surface area contributed by atoms with Crippen molar-refractivity contribution in [2.24, 2.45) is 0 Å². The number of anilines is 1. The molecule has 2 aromatic rings. The molecule has 0 radical (unpaired) electrons. The molecule has 0 aromatic heterocycles. The Labute approximate surface area is 123 Å². The lowest BCUT2D eigenvalue weighted by Crippen LogP contribution is -2.30. The molecule has 1 heterocycles. The zero-order chi connectivity index (χ0) is 14.8. The first-order valence-corrected chi connectivity index (χ1v) is 6.89. The van der Waals surface area contributed by atoms with Gasteiger partial charge in [-0.1, -0.05) is 48.5 Å². The number of hydrogen-bond donors (Lipinski definition) is 1. The fourth-order valence-corrected chi connectivity index (χ4v) is 2.64. The molecule has 2 N–H and O–H groups in total. The Morgan fingerprint density at radius 1 is 1.00 bits per heavy atom. The molecule has 1 aliphatic heterocycles. The highest BCUT2D eigenvalue weighted by Crippen LogP contribution is 2.31. The molecule has 0 bridgehead atoms. The van der Waals surface area contributed by atoms with Crippen LogP contribution in [-0.4, -0.2) is 16.7 Å². The van der Waals surface area contributed by atoms with Crippen molar-refractivity contribution in [3.8, 4) is 0 Å². The highest BCUT2D eigenvalue weighted by Gasteiger charge is 2.39. The second kappa shape index (κ2) is 5.40. The molecular weight excluding hydrogens is 264 g/mol. The van der Waals surface area contributed by atoms with Gasteiger partial charge in [0, 0.05) is 12.1 Å². The highest BCUT2D eigenvalue weighted by atomic mass is 16.2. The average Bonchev–Trinajstić information content (AvgIpc) is 2.78. The molecule has 0 aliphatic carbocycles. The van der Waals surface area contributed by atoms with E-state index in [0.29, 0.717) is 5.69 Å². The van der Waals surface area contributed by atoms with Crippen molar-refractivity contribution in [3.05, 3.63) is 65.7 Å². The highest BCUT2D eigenvalue weighted by molar-refractivity contribution is 6.06. The van der Waals surface area contributed by atoms with Gasteiger partial charge in [0.25, 0.3) is 0 Å². The number of imide groups is 1. The van der Waals surface area contributed by atoms with Crippen LogP contribution >= 0.6 is 0 Å². The van der Waals surface area contributed by atoms with Crippen LogP contribution < -0.4 is 5.73 Å². The number of nitrogens with two attached hydrogens (primary N) is 1. The largest absolute Gasteiger partial charge is 0.398 e. The first-order valence-electron chi connectivity index (χ1n) is 6.89. The first-order chi connectivity index (χ1) is 10.2. The number of nitrogen functional groups attached to an aromatic ring is 1. The molecule has 0 saturated carbocycles. The molecule has 106 valence electrons. The van der Waals surface area contributed by atoms with Gasteiger partial charge in [-0.15, -0.1) is 0 Å². The van der Waals surface area contributed by atoms with Crippen LogP contribution in [0.2, 0.25) is 0 Å². The van der Waals surface area contributed by atoms with E-state index in [4.69, 9.17) is 5.73 Å². The Kier molecular flexibility index (Phi) is 3.44. The van der Waals surface area contributed by atoms with Crippen molar-refractivity contribution < 1.29 is 9.59 Å². The Hall–Kier alpha value is -2.62. The maximum absolute atomic E-state index is 12.5. The third kappa shape index (κ3) is 2.52. The van der Waals surface area contributed by atoms with E-state index < -0.39 is 0 Å². The van der Waals surface area contributed by atoms with Crippen molar-refractivity contribution in [1.82, 2.24) is 4.90 Å². The number of nitrogens with zero attached hydrogens (tertiary/aromatic N) is 1. The molecule has 21 heavy (non-hydrogen) atoms. The van der Waals surface area contributed by atoms with E-state index in [9.17, 15) is 9.59 Å². The molecule has 1 unspecified atom stereocenters. The van der Waals surface area contributed by atoms with Gasteiger partial charge in [0.15, 0.2) is 0 Å². The number of benzene rings is 2. The van der Waals surface area contributed by atoms with Gasteiger partial charge in [-0.25, -0.2) is 0 Å². The number of hydrogen-bond acceptors (Lipinski definition) is 3. The zero-order valence-corrected chi connectivity index (χ0v) is 11.5. The monoisotopic (exact) mass is 280 g/mol. The fourth-order valence-electron chi connectivity index (χ4n) is 2.64. The van der Waals surface area contributed by atoms with E-state index in [2.05, 4.69) is 0 Å². The lowest BCUT2D eigenvalue weighted by atomic mass is 9.98. The maximum atomic E-state index is 12.5. The number of amides is 2. The summed E-state index contributed by atoms with van der Waals surface area (Å²) in [6.45, 7) is 0.244. The van der Waals surface area contributed by atoms with Gasteiger partial charge in [0.05, 0.1) is 12.5 Å². The number of carbonyl (C=O) groups is 2. The van der Waals surface area contributed by atoms with Crippen LogP contribution in [0.1, 0.15) is 23.5 Å². The quantitative estimate of drug-likeness (QED) is 0.693. The third-order valence-electron chi connectivity index (χ3n) is 3.83. The molecule has 1 saturated heterocycles. The molecule has 2 aromatic carbocycles. The molecule has 4 heteroatoms. The standard InChI is InChI=1S/C17H16N2O2/c18-15-9-5-4-8-13(15)11-19-16(20)10-14(17(19)21)12-6-2-1-3-7-12/h1-9,14H,10-11,18H2. The summed E-state index contributed by atoms with van der Waals surface area (Å²) < 4.78 is 0. The first kappa shape index (κ1) is 13.4. The summed E-state index contributed by atoms with van der Waals surface area (Å²) in [5.74, 6) is -0.657. The van der Waals surface area contributed by atoms with Crippen molar-refractivity contribution in [2.75, 3.05) is 5.73 Å². The summed E-state index contributed by atoms with van der Waals surface area (Å²) in [4.78, 5) is 26.0. The van der Waals surface area contributed by atoms with E-state index in [1.165, 1.54) is 4.90 Å². The van der Waals surface area contributed by atoms with Gasteiger partial charge >= 0.3 is 0 Å². The van der Waals surface area contributed by atoms with Crippen molar-refractivity contribution in [2.45, 2.75) is 18.9 Å². The Balaban J connectivity index is 1.83. The molecule has 4 nitrogen and oxygen atoms in total. The van der Waals surface area contributed by atoms with Crippen molar-refractivity contribution in [3.63, 3.8) is 0 Å². The summed E-state index contributed by atoms with van der Waals surface area (Å²) in [5, 5.41) is 0. The van der Waals surface area contributed by atoms with Crippen LogP contribution in [-0.2, 0) is 16.1 Å². The van der Waals surface area contributed by atoms with E-state index in [1.54, 1.807) is 6.07 Å². The summed E-state index contributed by atoms with van der Waals surface area (Å²) in [7, 11) is 0. The molecule has 3 rings (SSSR count). The summed E-state index contributed by atoms with van der Waals surface area (Å²) in [6.07, 6.45) is 0.232.